The van der Waals surface area contributed by atoms with Gasteiger partial charge in [0, 0.05) is 0 Å². The molecule has 0 radical (unpaired) electrons. The first-order chi connectivity index (χ1) is 13.5. The van der Waals surface area contributed by atoms with Gasteiger partial charge in [-0.25, -0.2) is 4.79 Å². The summed E-state index contributed by atoms with van der Waals surface area (Å²) in [5, 5.41) is 0. The van der Waals surface area contributed by atoms with Gasteiger partial charge in [0.1, 0.15) is 5.75 Å². The van der Waals surface area contributed by atoms with Crippen LogP contribution in [0.25, 0.3) is 0 Å². The summed E-state index contributed by atoms with van der Waals surface area (Å²) in [6.45, 7) is 19.6. The lowest BCUT2D eigenvalue weighted by atomic mass is 10.1. The number of hydrogen-bond acceptors (Lipinski definition) is 6. The predicted octanol–water partition coefficient (Wildman–Crippen LogP) is 6.26. The fourth-order valence-electron chi connectivity index (χ4n) is 3.59. The third-order valence-corrected chi connectivity index (χ3v) is 17.5. The van der Waals surface area contributed by atoms with Crippen LogP contribution in [0.2, 0.25) is 65.0 Å². The van der Waals surface area contributed by atoms with E-state index in [1.54, 1.807) is 6.07 Å². The van der Waals surface area contributed by atoms with Crippen molar-refractivity contribution in [2.24, 2.45) is 0 Å². The predicted molar refractivity (Wildman–Crippen MR) is 132 cm³/mol. The van der Waals surface area contributed by atoms with E-state index in [0.29, 0.717) is 5.75 Å². The Balaban J connectivity index is 2.91. The van der Waals surface area contributed by atoms with Gasteiger partial charge >= 0.3 is 23.3 Å². The minimum Gasteiger partial charge on any atom is -0.437 e. The zero-order valence-corrected chi connectivity index (χ0v) is 24.4. The number of aryl methyl sites for hydroxylation is 1. The van der Waals surface area contributed by atoms with E-state index in [4.69, 9.17) is 17.1 Å². The quantitative estimate of drug-likeness (QED) is 0.208. The van der Waals surface area contributed by atoms with Crippen molar-refractivity contribution in [1.29, 1.82) is 0 Å². The van der Waals surface area contributed by atoms with Gasteiger partial charge in [0.25, 0.3) is 0 Å². The molecule has 1 atom stereocenters. The topological polar surface area (TPSA) is 63.2 Å². The molecule has 172 valence electrons. The van der Waals surface area contributed by atoms with Crippen LogP contribution in [0.15, 0.2) is 24.3 Å². The second-order valence-corrected chi connectivity index (χ2v) is 26.5. The Morgan fingerprint density at radius 3 is 1.93 bits per heavy atom. The van der Waals surface area contributed by atoms with E-state index < -0.39 is 39.9 Å². The van der Waals surface area contributed by atoms with Gasteiger partial charge in [-0.3, -0.25) is 0 Å². The third kappa shape index (κ3) is 11.0. The van der Waals surface area contributed by atoms with Crippen molar-refractivity contribution in [2.45, 2.75) is 77.8 Å². The van der Waals surface area contributed by atoms with Crippen LogP contribution in [0.5, 0.6) is 5.75 Å². The first kappa shape index (κ1) is 27.3. The van der Waals surface area contributed by atoms with Gasteiger partial charge in [-0.2, -0.15) is 0 Å². The van der Waals surface area contributed by atoms with Crippen LogP contribution in [-0.4, -0.2) is 47.0 Å². The molecular weight excluding hydrogens is 449 g/mol. The standard InChI is InChI=1S/C20H40O6Si4/c1-22-20(21)23-19-16-12-11-14-18(19)15-13-17-30(10,25-28(5,6)7)26-29(8,9)24-27(2,3)4/h11-12,14,16H,13,15,17H2,1-10H3. The SMILES string of the molecule is COC(=O)Oc1ccccc1CCC[Si](C)(O[Si](C)(C)C)O[Si](C)(C)O[Si](C)(C)C. The molecule has 0 spiro atoms. The van der Waals surface area contributed by atoms with E-state index in [1.165, 1.54) is 7.11 Å². The van der Waals surface area contributed by atoms with E-state index in [0.717, 1.165) is 24.4 Å². The van der Waals surface area contributed by atoms with Crippen LogP contribution >= 0.6 is 0 Å². The van der Waals surface area contributed by atoms with Crippen molar-refractivity contribution in [3.8, 4) is 5.75 Å². The average Bonchev–Trinajstić information content (AvgIpc) is 2.51. The fourth-order valence-corrected chi connectivity index (χ4v) is 21.5. The molecule has 1 unspecified atom stereocenters. The molecule has 1 rings (SSSR count). The van der Waals surface area contributed by atoms with Gasteiger partial charge in [-0.15, -0.1) is 0 Å². The molecule has 0 saturated heterocycles. The number of para-hydroxylation sites is 1. The molecule has 0 N–H and O–H groups in total. The van der Waals surface area contributed by atoms with Gasteiger partial charge < -0.3 is 21.8 Å². The van der Waals surface area contributed by atoms with Crippen molar-refractivity contribution in [1.82, 2.24) is 0 Å². The zero-order valence-electron chi connectivity index (χ0n) is 20.4. The third-order valence-electron chi connectivity index (χ3n) is 3.95. The summed E-state index contributed by atoms with van der Waals surface area (Å²) in [7, 11) is -6.94. The van der Waals surface area contributed by atoms with Crippen LogP contribution in [0.4, 0.5) is 4.79 Å². The van der Waals surface area contributed by atoms with Crippen LogP contribution in [-0.2, 0) is 23.5 Å². The smallest absolute Gasteiger partial charge is 0.437 e. The molecule has 0 bridgehead atoms. The molecule has 0 heterocycles. The molecule has 30 heavy (non-hydrogen) atoms. The summed E-state index contributed by atoms with van der Waals surface area (Å²) in [5.74, 6) is 0.538. The Kier molecular flexibility index (Phi) is 9.73. The molecule has 10 heteroatoms. The first-order valence-corrected chi connectivity index (χ1v) is 22.6. The summed E-state index contributed by atoms with van der Waals surface area (Å²) < 4.78 is 29.7. The normalized spacial score (nSPS) is 14.9. The van der Waals surface area contributed by atoms with E-state index >= 15 is 0 Å². The molecule has 0 saturated carbocycles. The van der Waals surface area contributed by atoms with E-state index in [1.807, 2.05) is 18.2 Å². The Hall–Kier alpha value is -0.762. The van der Waals surface area contributed by atoms with E-state index in [2.05, 4.69) is 63.7 Å². The molecule has 1 aromatic rings. The summed E-state index contributed by atoms with van der Waals surface area (Å²) in [4.78, 5) is 11.5. The lowest BCUT2D eigenvalue weighted by Gasteiger charge is -2.41. The highest BCUT2D eigenvalue weighted by Gasteiger charge is 2.44. The molecular formula is C20H40O6Si4. The van der Waals surface area contributed by atoms with Crippen molar-refractivity contribution in [2.75, 3.05) is 7.11 Å². The number of rotatable bonds is 11. The summed E-state index contributed by atoms with van der Waals surface area (Å²) in [6, 6.07) is 8.42. The molecule has 0 aliphatic rings. The Morgan fingerprint density at radius 2 is 1.40 bits per heavy atom. The van der Waals surface area contributed by atoms with Crippen LogP contribution in [0.1, 0.15) is 12.0 Å². The first-order valence-electron chi connectivity index (χ1n) is 10.5. The van der Waals surface area contributed by atoms with Crippen LogP contribution in [0.3, 0.4) is 0 Å². The maximum atomic E-state index is 11.5. The number of hydrogen-bond donors (Lipinski definition) is 0. The molecule has 1 aromatic carbocycles. The molecule has 0 aliphatic carbocycles. The maximum absolute atomic E-state index is 11.5. The van der Waals surface area contributed by atoms with Crippen molar-refractivity contribution < 1.29 is 26.6 Å². The summed E-state index contributed by atoms with van der Waals surface area (Å²) >= 11 is 0. The lowest BCUT2D eigenvalue weighted by Crippen LogP contribution is -2.56. The van der Waals surface area contributed by atoms with E-state index in [-0.39, 0.29) is 0 Å². The monoisotopic (exact) mass is 488 g/mol. The Morgan fingerprint density at radius 1 is 0.833 bits per heavy atom. The highest BCUT2D eigenvalue weighted by molar-refractivity contribution is 6.89. The number of methoxy groups -OCH3 is 1. The van der Waals surface area contributed by atoms with Crippen molar-refractivity contribution in [3.63, 3.8) is 0 Å². The maximum Gasteiger partial charge on any atom is 0.513 e. The fraction of sp³-hybridized carbons (Fsp3) is 0.650. The van der Waals surface area contributed by atoms with Crippen LogP contribution < -0.4 is 4.74 Å². The number of carbonyl (C=O) groups excluding carboxylic acids is 1. The molecule has 0 aliphatic heterocycles. The Bertz CT molecular complexity index is 699. The minimum absolute atomic E-state index is 0.538. The summed E-state index contributed by atoms with van der Waals surface area (Å²) in [5.41, 5.74) is 0.974. The van der Waals surface area contributed by atoms with E-state index in [9.17, 15) is 4.79 Å². The van der Waals surface area contributed by atoms with Crippen molar-refractivity contribution in [3.05, 3.63) is 29.8 Å². The highest BCUT2D eigenvalue weighted by Crippen LogP contribution is 2.29. The van der Waals surface area contributed by atoms with Gasteiger partial charge in [0.05, 0.1) is 7.11 Å². The minimum atomic E-state index is -2.44. The lowest BCUT2D eigenvalue weighted by molar-refractivity contribution is 0.121. The summed E-state index contributed by atoms with van der Waals surface area (Å²) in [6.07, 6.45) is 0.945. The molecule has 0 amide bonds. The van der Waals surface area contributed by atoms with Crippen molar-refractivity contribution >= 4 is 39.9 Å². The highest BCUT2D eigenvalue weighted by atomic mass is 28.5. The Labute approximate surface area is 187 Å². The van der Waals surface area contributed by atoms with Gasteiger partial charge in [0.2, 0.25) is 0 Å². The largest absolute Gasteiger partial charge is 0.513 e. The van der Waals surface area contributed by atoms with Crippen LogP contribution in [0, 0.1) is 0 Å². The molecule has 0 aromatic heterocycles. The van der Waals surface area contributed by atoms with Gasteiger partial charge in [0.15, 0.2) is 16.6 Å². The van der Waals surface area contributed by atoms with Gasteiger partial charge in [-0.05, 0) is 89.4 Å². The average molecular weight is 489 g/mol. The molecule has 6 nitrogen and oxygen atoms in total. The number of carbonyl (C=O) groups is 1. The number of benzene rings is 1. The zero-order chi connectivity index (χ0) is 23.2. The van der Waals surface area contributed by atoms with Gasteiger partial charge in [-0.1, -0.05) is 18.2 Å². The second-order valence-electron chi connectivity index (χ2n) is 10.1. The molecule has 0 fully saturated rings. The second kappa shape index (κ2) is 10.7. The number of ether oxygens (including phenoxy) is 2.